The molecule has 0 aliphatic heterocycles. The number of nitriles is 1. The summed E-state index contributed by atoms with van der Waals surface area (Å²) in [5, 5.41) is 18.6. The van der Waals surface area contributed by atoms with Gasteiger partial charge in [0.05, 0.1) is 17.2 Å². The molecule has 4 nitrogen and oxygen atoms in total. The van der Waals surface area contributed by atoms with Gasteiger partial charge in [-0.1, -0.05) is 24.3 Å². The third-order valence-electron chi connectivity index (χ3n) is 4.47. The summed E-state index contributed by atoms with van der Waals surface area (Å²) in [4.78, 5) is 11.0. The number of aromatic nitrogens is 1. The van der Waals surface area contributed by atoms with Crippen molar-refractivity contribution in [1.29, 1.82) is 5.26 Å². The van der Waals surface area contributed by atoms with E-state index in [2.05, 4.69) is 26.0 Å². The number of aromatic carboxylic acids is 1. The molecular weight excluding hydrogens is 324 g/mol. The molecule has 2 aromatic carbocycles. The number of benzene rings is 2. The number of hydrogen-bond donors (Lipinski definition) is 1. The molecule has 3 aromatic rings. The number of allylic oxidation sites excluding steroid dienone is 1. The van der Waals surface area contributed by atoms with Crippen molar-refractivity contribution in [2.75, 3.05) is 0 Å². The van der Waals surface area contributed by atoms with Gasteiger partial charge in [0.2, 0.25) is 0 Å². The predicted octanol–water partition coefficient (Wildman–Crippen LogP) is 4.86. The van der Waals surface area contributed by atoms with Crippen molar-refractivity contribution in [1.82, 2.24) is 4.57 Å². The first-order chi connectivity index (χ1) is 12.5. The largest absolute Gasteiger partial charge is 0.478 e. The monoisotopic (exact) mass is 342 g/mol. The fraction of sp³-hybridized carbons (Fsp3) is 0.0909. The summed E-state index contributed by atoms with van der Waals surface area (Å²) < 4.78 is 2.05. The van der Waals surface area contributed by atoms with Crippen molar-refractivity contribution < 1.29 is 9.90 Å². The molecule has 4 heteroatoms. The van der Waals surface area contributed by atoms with Gasteiger partial charge in [0, 0.05) is 17.6 Å². The Hall–Kier alpha value is -3.58. The average molecular weight is 342 g/mol. The first-order valence-corrected chi connectivity index (χ1v) is 8.20. The molecular formula is C22H18N2O2. The molecule has 0 saturated heterocycles. The number of rotatable bonds is 4. The van der Waals surface area contributed by atoms with Gasteiger partial charge in [0.1, 0.15) is 0 Å². The topological polar surface area (TPSA) is 66.0 Å². The van der Waals surface area contributed by atoms with Crippen molar-refractivity contribution in [3.05, 3.63) is 88.7 Å². The summed E-state index contributed by atoms with van der Waals surface area (Å²) in [7, 11) is 0. The Balaban J connectivity index is 2.04. The van der Waals surface area contributed by atoms with Crippen LogP contribution >= 0.6 is 0 Å². The minimum atomic E-state index is -0.983. The van der Waals surface area contributed by atoms with Crippen LogP contribution in [0.4, 0.5) is 0 Å². The number of carbonyl (C=O) groups is 1. The summed E-state index contributed by atoms with van der Waals surface area (Å²) in [6.45, 7) is 4.15. The van der Waals surface area contributed by atoms with Gasteiger partial charge in [-0.25, -0.2) is 4.79 Å². The highest BCUT2D eigenvalue weighted by Crippen LogP contribution is 2.24. The van der Waals surface area contributed by atoms with E-state index in [1.807, 2.05) is 41.1 Å². The fourth-order valence-corrected chi connectivity index (χ4v) is 2.85. The number of nitrogens with zero attached hydrogens (tertiary/aromatic N) is 2. The summed E-state index contributed by atoms with van der Waals surface area (Å²) in [5.41, 5.74) is 5.71. The maximum Gasteiger partial charge on any atom is 0.335 e. The minimum Gasteiger partial charge on any atom is -0.478 e. The van der Waals surface area contributed by atoms with Crippen LogP contribution in [0, 0.1) is 25.2 Å². The molecule has 0 unspecified atom stereocenters. The quantitative estimate of drug-likeness (QED) is 0.689. The average Bonchev–Trinajstić information content (AvgIpc) is 3.10. The molecule has 0 spiro atoms. The van der Waals surface area contributed by atoms with E-state index in [9.17, 15) is 10.1 Å². The van der Waals surface area contributed by atoms with E-state index in [1.54, 1.807) is 12.1 Å². The molecule has 1 aromatic heterocycles. The van der Waals surface area contributed by atoms with E-state index in [0.717, 1.165) is 11.4 Å². The fourth-order valence-electron chi connectivity index (χ4n) is 2.85. The SMILES string of the molecule is Cc1cccc(-n2cccc2/C=C(/C#N)c2ccc(C(=O)O)cc2)c1C. The number of aryl methyl sites for hydroxylation is 1. The van der Waals surface area contributed by atoms with Crippen molar-refractivity contribution in [2.45, 2.75) is 13.8 Å². The van der Waals surface area contributed by atoms with Crippen LogP contribution in [0.3, 0.4) is 0 Å². The van der Waals surface area contributed by atoms with Crippen LogP contribution in [-0.2, 0) is 0 Å². The molecule has 0 saturated carbocycles. The molecule has 0 fully saturated rings. The van der Waals surface area contributed by atoms with Crippen LogP contribution < -0.4 is 0 Å². The normalized spacial score (nSPS) is 11.2. The van der Waals surface area contributed by atoms with Crippen LogP contribution in [0.5, 0.6) is 0 Å². The molecule has 0 atom stereocenters. The lowest BCUT2D eigenvalue weighted by Gasteiger charge is -2.12. The highest BCUT2D eigenvalue weighted by molar-refractivity contribution is 5.92. The minimum absolute atomic E-state index is 0.199. The molecule has 1 N–H and O–H groups in total. The van der Waals surface area contributed by atoms with E-state index in [4.69, 9.17) is 5.11 Å². The molecule has 0 aliphatic rings. The maximum atomic E-state index is 11.0. The third-order valence-corrected chi connectivity index (χ3v) is 4.47. The van der Waals surface area contributed by atoms with Gasteiger partial charge >= 0.3 is 5.97 Å². The summed E-state index contributed by atoms with van der Waals surface area (Å²) in [5.74, 6) is -0.983. The first kappa shape index (κ1) is 17.2. The van der Waals surface area contributed by atoms with Crippen LogP contribution in [0.15, 0.2) is 60.8 Å². The summed E-state index contributed by atoms with van der Waals surface area (Å²) >= 11 is 0. The van der Waals surface area contributed by atoms with Crippen molar-refractivity contribution >= 4 is 17.6 Å². The second kappa shape index (κ2) is 7.12. The molecule has 0 bridgehead atoms. The lowest BCUT2D eigenvalue weighted by molar-refractivity contribution is 0.0697. The van der Waals surface area contributed by atoms with Crippen LogP contribution in [0.25, 0.3) is 17.3 Å². The first-order valence-electron chi connectivity index (χ1n) is 8.20. The van der Waals surface area contributed by atoms with E-state index < -0.39 is 5.97 Å². The summed E-state index contributed by atoms with van der Waals surface area (Å²) in [6.07, 6.45) is 3.79. The lowest BCUT2D eigenvalue weighted by Crippen LogP contribution is -1.99. The van der Waals surface area contributed by atoms with Gasteiger partial charge in [-0.2, -0.15) is 5.26 Å². The van der Waals surface area contributed by atoms with Crippen molar-refractivity contribution in [2.24, 2.45) is 0 Å². The van der Waals surface area contributed by atoms with E-state index in [-0.39, 0.29) is 5.56 Å². The predicted molar refractivity (Wildman–Crippen MR) is 102 cm³/mol. The molecule has 128 valence electrons. The Morgan fingerprint density at radius 3 is 2.38 bits per heavy atom. The van der Waals surface area contributed by atoms with Crippen molar-refractivity contribution in [3.8, 4) is 11.8 Å². The Kier molecular flexibility index (Phi) is 4.72. The Morgan fingerprint density at radius 1 is 1.04 bits per heavy atom. The number of hydrogen-bond acceptors (Lipinski definition) is 2. The molecule has 3 rings (SSSR count). The van der Waals surface area contributed by atoms with Gasteiger partial charge in [0.25, 0.3) is 0 Å². The zero-order valence-electron chi connectivity index (χ0n) is 14.6. The van der Waals surface area contributed by atoms with E-state index in [1.165, 1.54) is 23.3 Å². The van der Waals surface area contributed by atoms with Gasteiger partial charge in [0.15, 0.2) is 0 Å². The highest BCUT2D eigenvalue weighted by atomic mass is 16.4. The van der Waals surface area contributed by atoms with Crippen LogP contribution in [0.2, 0.25) is 0 Å². The smallest absolute Gasteiger partial charge is 0.335 e. The molecule has 0 radical (unpaired) electrons. The maximum absolute atomic E-state index is 11.0. The van der Waals surface area contributed by atoms with Gasteiger partial charge in [-0.15, -0.1) is 0 Å². The molecule has 0 amide bonds. The Labute approximate surface area is 152 Å². The Morgan fingerprint density at radius 2 is 1.73 bits per heavy atom. The van der Waals surface area contributed by atoms with Gasteiger partial charge in [-0.3, -0.25) is 0 Å². The standard InChI is InChI=1S/C22H18N2O2/c1-15-5-3-7-21(16(15)2)24-12-4-6-20(24)13-19(14-23)17-8-10-18(11-9-17)22(25)26/h3-13H,1-2H3,(H,25,26)/b19-13-. The Bertz CT molecular complexity index is 1030. The zero-order valence-corrected chi connectivity index (χ0v) is 14.6. The lowest BCUT2D eigenvalue weighted by atomic mass is 10.0. The van der Waals surface area contributed by atoms with Crippen LogP contribution in [-0.4, -0.2) is 15.6 Å². The van der Waals surface area contributed by atoms with E-state index >= 15 is 0 Å². The van der Waals surface area contributed by atoms with Crippen LogP contribution in [0.1, 0.15) is 32.7 Å². The molecule has 26 heavy (non-hydrogen) atoms. The van der Waals surface area contributed by atoms with E-state index in [0.29, 0.717) is 11.1 Å². The third kappa shape index (κ3) is 3.28. The second-order valence-corrected chi connectivity index (χ2v) is 6.07. The highest BCUT2D eigenvalue weighted by Gasteiger charge is 2.09. The van der Waals surface area contributed by atoms with Gasteiger partial charge < -0.3 is 9.67 Å². The zero-order chi connectivity index (χ0) is 18.7. The van der Waals surface area contributed by atoms with Crippen molar-refractivity contribution in [3.63, 3.8) is 0 Å². The summed E-state index contributed by atoms with van der Waals surface area (Å²) in [6, 6.07) is 18.6. The number of carboxylic acids is 1. The second-order valence-electron chi connectivity index (χ2n) is 6.07. The number of carboxylic acid groups (broad SMARTS) is 1. The van der Waals surface area contributed by atoms with Gasteiger partial charge in [-0.05, 0) is 66.9 Å². The molecule has 0 aliphatic carbocycles. The molecule has 1 heterocycles.